The lowest BCUT2D eigenvalue weighted by Gasteiger charge is -2.31. The number of hydrogen-bond acceptors (Lipinski definition) is 2. The van der Waals surface area contributed by atoms with E-state index in [0.29, 0.717) is 13.1 Å². The summed E-state index contributed by atoms with van der Waals surface area (Å²) in [4.78, 5) is 19.6. The molecule has 0 spiro atoms. The Balaban J connectivity index is 1.56. The molecule has 2 heterocycles. The second kappa shape index (κ2) is 6.56. The predicted molar refractivity (Wildman–Crippen MR) is 81.9 cm³/mol. The maximum absolute atomic E-state index is 13.2. The van der Waals surface area contributed by atoms with E-state index in [2.05, 4.69) is 9.88 Å². The van der Waals surface area contributed by atoms with E-state index in [-0.39, 0.29) is 18.1 Å². The van der Waals surface area contributed by atoms with Crippen molar-refractivity contribution in [1.29, 1.82) is 0 Å². The molecule has 0 unspecified atom stereocenters. The van der Waals surface area contributed by atoms with Gasteiger partial charge in [0.05, 0.1) is 25.7 Å². The number of aromatic amines is 1. The van der Waals surface area contributed by atoms with Gasteiger partial charge in [-0.15, -0.1) is 0 Å². The molecule has 22 heavy (non-hydrogen) atoms. The number of anilines is 1. The van der Waals surface area contributed by atoms with E-state index >= 15 is 0 Å². The summed E-state index contributed by atoms with van der Waals surface area (Å²) in [7, 11) is 0. The van der Waals surface area contributed by atoms with Gasteiger partial charge in [0.2, 0.25) is 5.91 Å². The van der Waals surface area contributed by atoms with Crippen LogP contribution in [0.5, 0.6) is 0 Å². The molecule has 0 saturated carbocycles. The molecule has 2 aromatic rings. The first kappa shape index (κ1) is 14.5. The van der Waals surface area contributed by atoms with E-state index in [9.17, 15) is 9.18 Å². The Kier molecular flexibility index (Phi) is 4.32. The fraction of sp³-hybridized carbons (Fsp3) is 0.294. The highest BCUT2D eigenvalue weighted by Gasteiger charge is 2.25. The first-order valence-electron chi connectivity index (χ1n) is 7.46. The number of benzene rings is 1. The fourth-order valence-corrected chi connectivity index (χ4v) is 2.71. The number of amides is 1. The van der Waals surface area contributed by atoms with Gasteiger partial charge in [0, 0.05) is 6.07 Å². The summed E-state index contributed by atoms with van der Waals surface area (Å²) in [5, 5.41) is 0. The second-order valence-corrected chi connectivity index (χ2v) is 5.42. The maximum atomic E-state index is 13.2. The minimum atomic E-state index is -0.297. The number of H-pyrrole nitrogens is 1. The lowest BCUT2D eigenvalue weighted by molar-refractivity contribution is -0.364. The first-order valence-corrected chi connectivity index (χ1v) is 7.46. The van der Waals surface area contributed by atoms with Gasteiger partial charge in [-0.3, -0.25) is 9.69 Å². The van der Waals surface area contributed by atoms with E-state index < -0.39 is 0 Å². The lowest BCUT2D eigenvalue weighted by Crippen LogP contribution is -2.50. The molecule has 1 aliphatic rings. The number of aromatic nitrogens is 1. The number of nitrogens with one attached hydrogen (secondary N) is 1. The Bertz CT molecular complexity index is 639. The third-order valence-electron chi connectivity index (χ3n) is 3.91. The normalized spacial score (nSPS) is 15.0. The molecule has 1 aliphatic heterocycles. The van der Waals surface area contributed by atoms with E-state index in [0.717, 1.165) is 24.5 Å². The standard InChI is InChI=1S/C17H18FN3O/c18-15-5-3-4-14(12-15)13-17(22)21-10-8-20(9-11-21)16-6-1-2-7-19-16/h1-7,12H,8-11,13H2/p+1. The number of piperazine rings is 1. The molecule has 0 aliphatic carbocycles. The average molecular weight is 300 g/mol. The van der Waals surface area contributed by atoms with Crippen molar-refractivity contribution in [2.24, 2.45) is 0 Å². The molecule has 1 amide bonds. The van der Waals surface area contributed by atoms with Crippen LogP contribution in [0.1, 0.15) is 5.56 Å². The van der Waals surface area contributed by atoms with Crippen LogP contribution in [0.25, 0.3) is 0 Å². The summed E-state index contributed by atoms with van der Waals surface area (Å²) in [5.74, 6) is 0.830. The van der Waals surface area contributed by atoms with Crippen LogP contribution >= 0.6 is 0 Å². The van der Waals surface area contributed by atoms with E-state index in [4.69, 9.17) is 0 Å². The number of rotatable bonds is 3. The summed E-state index contributed by atoms with van der Waals surface area (Å²) < 4.78 is 13.2. The van der Waals surface area contributed by atoms with E-state index in [1.54, 1.807) is 12.1 Å². The van der Waals surface area contributed by atoms with Crippen LogP contribution in [0.3, 0.4) is 0 Å². The van der Waals surface area contributed by atoms with Gasteiger partial charge >= 0.3 is 0 Å². The number of nitrogens with zero attached hydrogens (tertiary/aromatic N) is 2. The zero-order valence-electron chi connectivity index (χ0n) is 12.3. The van der Waals surface area contributed by atoms with Crippen molar-refractivity contribution in [3.8, 4) is 0 Å². The van der Waals surface area contributed by atoms with Crippen molar-refractivity contribution in [2.75, 3.05) is 31.1 Å². The summed E-state index contributed by atoms with van der Waals surface area (Å²) >= 11 is 0. The molecule has 1 saturated heterocycles. The largest absolute Gasteiger partial charge is 0.335 e. The highest BCUT2D eigenvalue weighted by molar-refractivity contribution is 5.79. The lowest BCUT2D eigenvalue weighted by atomic mass is 10.1. The third-order valence-corrected chi connectivity index (χ3v) is 3.91. The van der Waals surface area contributed by atoms with Crippen molar-refractivity contribution < 1.29 is 14.2 Å². The van der Waals surface area contributed by atoms with Gasteiger partial charge < -0.3 is 4.90 Å². The second-order valence-electron chi connectivity index (χ2n) is 5.42. The quantitative estimate of drug-likeness (QED) is 0.862. The van der Waals surface area contributed by atoms with Crippen LogP contribution in [-0.2, 0) is 11.2 Å². The number of halogens is 1. The van der Waals surface area contributed by atoms with Crippen molar-refractivity contribution in [3.63, 3.8) is 0 Å². The molecule has 0 bridgehead atoms. The zero-order chi connectivity index (χ0) is 15.4. The Hall–Kier alpha value is -2.43. The van der Waals surface area contributed by atoms with Crippen LogP contribution in [0.4, 0.5) is 10.2 Å². The minimum absolute atomic E-state index is 0.0577. The highest BCUT2D eigenvalue weighted by Crippen LogP contribution is 2.12. The van der Waals surface area contributed by atoms with Gasteiger partial charge in [-0.2, -0.15) is 0 Å². The maximum Gasteiger partial charge on any atom is 0.274 e. The molecule has 1 N–H and O–H groups in total. The monoisotopic (exact) mass is 300 g/mol. The minimum Gasteiger partial charge on any atom is -0.335 e. The van der Waals surface area contributed by atoms with Gasteiger partial charge in [-0.25, -0.2) is 9.37 Å². The summed E-state index contributed by atoms with van der Waals surface area (Å²) in [6, 6.07) is 12.2. The molecular weight excluding hydrogens is 281 g/mol. The SMILES string of the molecule is O=C(Cc1cccc(F)c1)N1CCN(c2cccc[nH+]2)CC1. The molecular formula is C17H19FN3O+. The molecule has 114 valence electrons. The molecule has 5 heteroatoms. The summed E-state index contributed by atoms with van der Waals surface area (Å²) in [6.07, 6.45) is 2.16. The molecule has 1 aromatic carbocycles. The van der Waals surface area contributed by atoms with E-state index in [1.165, 1.54) is 12.1 Å². The predicted octanol–water partition coefficient (Wildman–Crippen LogP) is 1.53. The molecule has 0 radical (unpaired) electrons. The van der Waals surface area contributed by atoms with Gasteiger partial charge in [0.1, 0.15) is 18.9 Å². The Morgan fingerprint density at radius 3 is 2.59 bits per heavy atom. The van der Waals surface area contributed by atoms with Crippen LogP contribution in [0.2, 0.25) is 0 Å². The van der Waals surface area contributed by atoms with Crippen LogP contribution in [0, 0.1) is 5.82 Å². The van der Waals surface area contributed by atoms with Gasteiger partial charge in [0.15, 0.2) is 0 Å². The molecule has 3 rings (SSSR count). The number of carbonyl (C=O) groups excluding carboxylic acids is 1. The number of hydrogen-bond donors (Lipinski definition) is 0. The summed E-state index contributed by atoms with van der Waals surface area (Å²) in [6.45, 7) is 2.98. The highest BCUT2D eigenvalue weighted by atomic mass is 19.1. The first-order chi connectivity index (χ1) is 10.7. The van der Waals surface area contributed by atoms with Crippen LogP contribution < -0.4 is 9.88 Å². The van der Waals surface area contributed by atoms with Gasteiger partial charge in [-0.1, -0.05) is 18.2 Å². The van der Waals surface area contributed by atoms with Gasteiger partial charge in [-0.05, 0) is 23.8 Å². The Morgan fingerprint density at radius 2 is 1.91 bits per heavy atom. The van der Waals surface area contributed by atoms with Crippen LogP contribution in [-0.4, -0.2) is 37.0 Å². The molecule has 1 fully saturated rings. The fourth-order valence-electron chi connectivity index (χ4n) is 2.71. The van der Waals surface area contributed by atoms with Crippen molar-refractivity contribution in [2.45, 2.75) is 6.42 Å². The summed E-state index contributed by atoms with van der Waals surface area (Å²) in [5.41, 5.74) is 0.726. The topological polar surface area (TPSA) is 37.7 Å². The van der Waals surface area contributed by atoms with Gasteiger partial charge in [0.25, 0.3) is 5.82 Å². The zero-order valence-corrected chi connectivity index (χ0v) is 12.3. The smallest absolute Gasteiger partial charge is 0.274 e. The molecule has 1 aromatic heterocycles. The number of carbonyl (C=O) groups is 1. The average Bonchev–Trinajstić information content (AvgIpc) is 2.56. The number of pyridine rings is 1. The Labute approximate surface area is 129 Å². The Morgan fingerprint density at radius 1 is 1.09 bits per heavy atom. The van der Waals surface area contributed by atoms with E-state index in [1.807, 2.05) is 29.3 Å². The molecule has 0 atom stereocenters. The molecule has 4 nitrogen and oxygen atoms in total. The van der Waals surface area contributed by atoms with Crippen LogP contribution in [0.15, 0.2) is 48.7 Å². The van der Waals surface area contributed by atoms with Crippen molar-refractivity contribution >= 4 is 11.7 Å². The third kappa shape index (κ3) is 3.42. The van der Waals surface area contributed by atoms with Crippen molar-refractivity contribution in [1.82, 2.24) is 4.90 Å². The van der Waals surface area contributed by atoms with Crippen molar-refractivity contribution in [3.05, 3.63) is 60.0 Å².